The highest BCUT2D eigenvalue weighted by atomic mass is 35.5. The molecule has 0 unspecified atom stereocenters. The number of halogens is 1. The van der Waals surface area contributed by atoms with Crippen LogP contribution in [0.2, 0.25) is 0 Å². The van der Waals surface area contributed by atoms with Crippen molar-refractivity contribution >= 4 is 33.2 Å². The highest BCUT2D eigenvalue weighted by Crippen LogP contribution is 2.21. The highest BCUT2D eigenvalue weighted by molar-refractivity contribution is 7.18. The summed E-state index contributed by atoms with van der Waals surface area (Å²) in [5.41, 5.74) is 1.03. The van der Waals surface area contributed by atoms with Gasteiger partial charge in [0.2, 0.25) is 0 Å². The molecule has 2 rings (SSSR count). The van der Waals surface area contributed by atoms with E-state index < -0.39 is 0 Å². The number of aromatic nitrogens is 1. The van der Waals surface area contributed by atoms with Gasteiger partial charge < -0.3 is 5.32 Å². The average Bonchev–Trinajstić information content (AvgIpc) is 2.69. The number of nitrogens with zero attached hydrogens (tertiary/aromatic N) is 1. The molecule has 0 aliphatic heterocycles. The molecular weight excluding hydrogens is 240 g/mol. The van der Waals surface area contributed by atoms with Gasteiger partial charge in [0.25, 0.3) is 0 Å². The maximum Gasteiger partial charge on any atom is 0.108 e. The van der Waals surface area contributed by atoms with Crippen molar-refractivity contribution in [2.75, 3.05) is 5.88 Å². The molecule has 1 heterocycles. The molecule has 0 saturated carbocycles. The van der Waals surface area contributed by atoms with Gasteiger partial charge in [0.05, 0.1) is 10.2 Å². The largest absolute Gasteiger partial charge is 0.304 e. The first-order chi connectivity index (χ1) is 7.61. The first-order valence-electron chi connectivity index (χ1n) is 5.26. The number of hydrogen-bond donors (Lipinski definition) is 1. The SMILES string of the molecule is CC(C)(CCl)NCc1nc2ccccc2s1. The quantitative estimate of drug-likeness (QED) is 0.846. The van der Waals surface area contributed by atoms with E-state index in [2.05, 4.69) is 30.2 Å². The molecule has 0 saturated heterocycles. The lowest BCUT2D eigenvalue weighted by molar-refractivity contribution is 0.429. The topological polar surface area (TPSA) is 24.9 Å². The summed E-state index contributed by atoms with van der Waals surface area (Å²) >= 11 is 7.59. The molecule has 1 aromatic carbocycles. The molecule has 2 aromatic rings. The summed E-state index contributed by atoms with van der Waals surface area (Å²) in [5.74, 6) is 0.595. The molecule has 0 atom stereocenters. The standard InChI is InChI=1S/C12H15ClN2S/c1-12(2,8-13)14-7-11-15-9-5-3-4-6-10(9)16-11/h3-6,14H,7-8H2,1-2H3. The van der Waals surface area contributed by atoms with Gasteiger partial charge in [-0.25, -0.2) is 4.98 Å². The van der Waals surface area contributed by atoms with Crippen molar-refractivity contribution in [1.29, 1.82) is 0 Å². The number of rotatable bonds is 4. The van der Waals surface area contributed by atoms with Crippen LogP contribution < -0.4 is 5.32 Å². The molecule has 0 amide bonds. The molecule has 2 nitrogen and oxygen atoms in total. The third kappa shape index (κ3) is 2.73. The lowest BCUT2D eigenvalue weighted by atomic mass is 10.1. The van der Waals surface area contributed by atoms with Crippen LogP contribution in [-0.4, -0.2) is 16.4 Å². The minimum atomic E-state index is -0.0423. The molecule has 0 bridgehead atoms. The van der Waals surface area contributed by atoms with Gasteiger partial charge >= 0.3 is 0 Å². The van der Waals surface area contributed by atoms with Crippen LogP contribution in [0.25, 0.3) is 10.2 Å². The van der Waals surface area contributed by atoms with Crippen molar-refractivity contribution < 1.29 is 0 Å². The lowest BCUT2D eigenvalue weighted by Crippen LogP contribution is -2.40. The van der Waals surface area contributed by atoms with Crippen molar-refractivity contribution in [2.45, 2.75) is 25.9 Å². The van der Waals surface area contributed by atoms with Crippen molar-refractivity contribution in [3.05, 3.63) is 29.3 Å². The van der Waals surface area contributed by atoms with Crippen LogP contribution in [0.5, 0.6) is 0 Å². The number of thiazole rings is 1. The molecule has 1 N–H and O–H groups in total. The molecule has 86 valence electrons. The molecule has 0 spiro atoms. The van der Waals surface area contributed by atoms with E-state index in [1.165, 1.54) is 4.70 Å². The zero-order valence-corrected chi connectivity index (χ0v) is 11.0. The van der Waals surface area contributed by atoms with Crippen molar-refractivity contribution in [1.82, 2.24) is 10.3 Å². The summed E-state index contributed by atoms with van der Waals surface area (Å²) in [6.45, 7) is 4.96. The van der Waals surface area contributed by atoms with Crippen LogP contribution in [0.3, 0.4) is 0 Å². The lowest BCUT2D eigenvalue weighted by Gasteiger charge is -2.22. The van der Waals surface area contributed by atoms with Crippen molar-refractivity contribution in [2.24, 2.45) is 0 Å². The first-order valence-corrected chi connectivity index (χ1v) is 6.61. The fraction of sp³-hybridized carbons (Fsp3) is 0.417. The molecule has 0 radical (unpaired) electrons. The smallest absolute Gasteiger partial charge is 0.108 e. The summed E-state index contributed by atoms with van der Waals surface area (Å²) in [4.78, 5) is 4.56. The van der Waals surface area contributed by atoms with Gasteiger partial charge in [-0.15, -0.1) is 22.9 Å². The fourth-order valence-corrected chi connectivity index (χ4v) is 2.36. The number of hydrogen-bond acceptors (Lipinski definition) is 3. The molecule has 1 aromatic heterocycles. The Hall–Kier alpha value is -0.640. The zero-order valence-electron chi connectivity index (χ0n) is 9.46. The van der Waals surface area contributed by atoms with Crippen LogP contribution in [-0.2, 0) is 6.54 Å². The maximum atomic E-state index is 5.86. The van der Waals surface area contributed by atoms with E-state index in [-0.39, 0.29) is 5.54 Å². The van der Waals surface area contributed by atoms with Crippen LogP contribution >= 0.6 is 22.9 Å². The normalized spacial score (nSPS) is 12.2. The summed E-state index contributed by atoms with van der Waals surface area (Å²) in [5, 5.41) is 4.51. The Morgan fingerprint density at radius 3 is 2.81 bits per heavy atom. The van der Waals surface area contributed by atoms with Crippen LogP contribution in [0, 0.1) is 0 Å². The number of alkyl halides is 1. The van der Waals surface area contributed by atoms with E-state index in [4.69, 9.17) is 11.6 Å². The Morgan fingerprint density at radius 1 is 1.38 bits per heavy atom. The van der Waals surface area contributed by atoms with E-state index in [0.29, 0.717) is 5.88 Å². The maximum absolute atomic E-state index is 5.86. The highest BCUT2D eigenvalue weighted by Gasteiger charge is 2.15. The van der Waals surface area contributed by atoms with Gasteiger partial charge in [0.1, 0.15) is 5.01 Å². The molecule has 16 heavy (non-hydrogen) atoms. The van der Waals surface area contributed by atoms with Crippen LogP contribution in [0.1, 0.15) is 18.9 Å². The van der Waals surface area contributed by atoms with E-state index >= 15 is 0 Å². The third-order valence-electron chi connectivity index (χ3n) is 2.39. The van der Waals surface area contributed by atoms with Gasteiger partial charge in [-0.2, -0.15) is 0 Å². The van der Waals surface area contributed by atoms with Crippen molar-refractivity contribution in [3.8, 4) is 0 Å². The Balaban J connectivity index is 2.10. The third-order valence-corrected chi connectivity index (χ3v) is 4.09. The van der Waals surface area contributed by atoms with E-state index in [0.717, 1.165) is 17.1 Å². The summed E-state index contributed by atoms with van der Waals surface area (Å²) in [7, 11) is 0. The van der Waals surface area contributed by atoms with Gasteiger partial charge in [-0.3, -0.25) is 0 Å². The number of benzene rings is 1. The first kappa shape index (κ1) is 11.8. The minimum absolute atomic E-state index is 0.0423. The average molecular weight is 255 g/mol. The van der Waals surface area contributed by atoms with Crippen LogP contribution in [0.4, 0.5) is 0 Å². The second-order valence-corrected chi connectivity index (χ2v) is 5.83. The molecule has 0 aliphatic carbocycles. The van der Waals surface area contributed by atoms with Gasteiger partial charge in [-0.05, 0) is 26.0 Å². The molecule has 0 aliphatic rings. The molecular formula is C12H15ClN2S. The summed E-state index contributed by atoms with van der Waals surface area (Å²) < 4.78 is 1.24. The van der Waals surface area contributed by atoms with E-state index in [1.807, 2.05) is 18.2 Å². The monoisotopic (exact) mass is 254 g/mol. The Morgan fingerprint density at radius 2 is 2.12 bits per heavy atom. The van der Waals surface area contributed by atoms with E-state index in [1.54, 1.807) is 11.3 Å². The number of nitrogens with one attached hydrogen (secondary N) is 1. The number of fused-ring (bicyclic) bond motifs is 1. The Kier molecular flexibility index (Phi) is 3.47. The summed E-state index contributed by atoms with van der Waals surface area (Å²) in [6, 6.07) is 8.20. The molecule has 4 heteroatoms. The van der Waals surface area contributed by atoms with Gasteiger partial charge in [-0.1, -0.05) is 12.1 Å². The predicted molar refractivity (Wildman–Crippen MR) is 71.3 cm³/mol. The van der Waals surface area contributed by atoms with Crippen LogP contribution in [0.15, 0.2) is 24.3 Å². The summed E-state index contributed by atoms with van der Waals surface area (Å²) in [6.07, 6.45) is 0. The number of para-hydroxylation sites is 1. The fourth-order valence-electron chi connectivity index (χ4n) is 1.36. The minimum Gasteiger partial charge on any atom is -0.304 e. The van der Waals surface area contributed by atoms with Crippen molar-refractivity contribution in [3.63, 3.8) is 0 Å². The Bertz CT molecular complexity index is 446. The van der Waals surface area contributed by atoms with Gasteiger partial charge in [0.15, 0.2) is 0 Å². The second-order valence-electron chi connectivity index (χ2n) is 4.45. The predicted octanol–water partition coefficient (Wildman–Crippen LogP) is 3.40. The Labute approximate surface area is 105 Å². The van der Waals surface area contributed by atoms with E-state index in [9.17, 15) is 0 Å². The second kappa shape index (κ2) is 4.70. The molecule has 0 fully saturated rings. The van der Waals surface area contributed by atoms with Gasteiger partial charge in [0, 0.05) is 18.0 Å². The zero-order chi connectivity index (χ0) is 11.6.